The summed E-state index contributed by atoms with van der Waals surface area (Å²) in [5, 5.41) is 0. The highest BCUT2D eigenvalue weighted by Crippen LogP contribution is 2.26. The van der Waals surface area contributed by atoms with Gasteiger partial charge in [0.05, 0.1) is 12.7 Å². The molecule has 1 saturated heterocycles. The van der Waals surface area contributed by atoms with Crippen LogP contribution in [0.1, 0.15) is 17.3 Å². The summed E-state index contributed by atoms with van der Waals surface area (Å²) < 4.78 is 11.8. The van der Waals surface area contributed by atoms with Crippen LogP contribution >= 0.6 is 15.9 Å². The van der Waals surface area contributed by atoms with E-state index in [1.807, 2.05) is 59.5 Å². The van der Waals surface area contributed by atoms with Crippen LogP contribution in [0.4, 0.5) is 5.82 Å². The molecule has 160 valence electrons. The third-order valence-electron chi connectivity index (χ3n) is 5.23. The topological polar surface area (TPSA) is 67.8 Å². The van der Waals surface area contributed by atoms with Gasteiger partial charge in [-0.25, -0.2) is 9.97 Å². The molecule has 0 saturated carbocycles. The van der Waals surface area contributed by atoms with Crippen LogP contribution in [-0.2, 0) is 0 Å². The Balaban J connectivity index is 1.43. The van der Waals surface area contributed by atoms with Gasteiger partial charge >= 0.3 is 0 Å². The van der Waals surface area contributed by atoms with Crippen LogP contribution < -0.4 is 14.4 Å². The van der Waals surface area contributed by atoms with Gasteiger partial charge in [-0.05, 0) is 59.3 Å². The van der Waals surface area contributed by atoms with Crippen LogP contribution in [0.3, 0.4) is 0 Å². The monoisotopic (exact) mass is 482 g/mol. The molecule has 1 aliphatic rings. The molecule has 8 heteroatoms. The normalized spacial score (nSPS) is 16.2. The fourth-order valence-electron chi connectivity index (χ4n) is 3.58. The van der Waals surface area contributed by atoms with Gasteiger partial charge in [-0.15, -0.1) is 0 Å². The van der Waals surface area contributed by atoms with Gasteiger partial charge in [0.2, 0.25) is 5.88 Å². The van der Waals surface area contributed by atoms with Gasteiger partial charge in [-0.1, -0.05) is 12.1 Å². The summed E-state index contributed by atoms with van der Waals surface area (Å²) in [7, 11) is 1.62. The largest absolute Gasteiger partial charge is 0.497 e. The molecule has 31 heavy (non-hydrogen) atoms. The lowest BCUT2D eigenvalue weighted by atomic mass is 10.1. The number of ether oxygens (including phenoxy) is 2. The van der Waals surface area contributed by atoms with E-state index < -0.39 is 0 Å². The zero-order chi connectivity index (χ0) is 21.8. The van der Waals surface area contributed by atoms with Crippen LogP contribution in [0, 0.1) is 0 Å². The van der Waals surface area contributed by atoms with Crippen molar-refractivity contribution < 1.29 is 14.3 Å². The minimum absolute atomic E-state index is 0.0332. The molecule has 4 rings (SSSR count). The van der Waals surface area contributed by atoms with Gasteiger partial charge in [-0.3, -0.25) is 4.79 Å². The van der Waals surface area contributed by atoms with Crippen molar-refractivity contribution >= 4 is 27.7 Å². The second-order valence-electron chi connectivity index (χ2n) is 7.27. The van der Waals surface area contributed by atoms with Gasteiger partial charge in [0.15, 0.2) is 0 Å². The molecule has 0 bridgehead atoms. The Morgan fingerprint density at radius 2 is 1.81 bits per heavy atom. The van der Waals surface area contributed by atoms with Crippen molar-refractivity contribution in [2.24, 2.45) is 0 Å². The summed E-state index contributed by atoms with van der Waals surface area (Å²) in [6.07, 6.45) is 1.50. The molecule has 0 N–H and O–H groups in total. The number of nitrogens with zero attached hydrogens (tertiary/aromatic N) is 4. The van der Waals surface area contributed by atoms with E-state index in [2.05, 4.69) is 37.7 Å². The molecule has 0 spiro atoms. The Bertz CT molecular complexity index is 1060. The maximum atomic E-state index is 13.0. The number of aromatic nitrogens is 2. The molecule has 1 aliphatic heterocycles. The molecular formula is C23H23BrN4O3. The van der Waals surface area contributed by atoms with Crippen molar-refractivity contribution in [3.05, 3.63) is 71.0 Å². The van der Waals surface area contributed by atoms with Gasteiger partial charge in [0, 0.05) is 36.2 Å². The molecule has 1 fully saturated rings. The lowest BCUT2D eigenvalue weighted by molar-refractivity contribution is 0.0672. The van der Waals surface area contributed by atoms with Gasteiger partial charge in [0.1, 0.15) is 23.6 Å². The Labute approximate surface area is 189 Å². The Morgan fingerprint density at radius 3 is 2.52 bits per heavy atom. The minimum atomic E-state index is 0.0332. The van der Waals surface area contributed by atoms with E-state index in [1.54, 1.807) is 7.11 Å². The number of carbonyl (C=O) groups is 1. The first-order chi connectivity index (χ1) is 15.0. The van der Waals surface area contributed by atoms with Crippen molar-refractivity contribution in [2.45, 2.75) is 13.0 Å². The van der Waals surface area contributed by atoms with Crippen molar-refractivity contribution in [1.82, 2.24) is 14.9 Å². The van der Waals surface area contributed by atoms with Crippen molar-refractivity contribution in [3.8, 4) is 17.4 Å². The average molecular weight is 483 g/mol. The molecule has 0 aliphatic carbocycles. The van der Waals surface area contributed by atoms with Crippen LogP contribution in [0.2, 0.25) is 0 Å². The van der Waals surface area contributed by atoms with E-state index in [4.69, 9.17) is 9.47 Å². The standard InChI is InChI=1S/C23H23BrN4O3/c1-16-14-27(11-12-28(16)23(29)19-5-3-4-6-20(19)24)21-13-22(26-15-25-21)31-18-9-7-17(30-2)8-10-18/h3-10,13,15-16H,11-12,14H2,1-2H3/t16-/m1/s1. The number of carbonyl (C=O) groups excluding carboxylic acids is 1. The molecule has 1 atom stereocenters. The predicted molar refractivity (Wildman–Crippen MR) is 122 cm³/mol. The number of hydrogen-bond acceptors (Lipinski definition) is 6. The summed E-state index contributed by atoms with van der Waals surface area (Å²) in [5.41, 5.74) is 0.681. The first-order valence-electron chi connectivity index (χ1n) is 9.99. The van der Waals surface area contributed by atoms with E-state index in [0.29, 0.717) is 36.8 Å². The Morgan fingerprint density at radius 1 is 1.06 bits per heavy atom. The molecule has 0 unspecified atom stereocenters. The fourth-order valence-corrected chi connectivity index (χ4v) is 4.03. The number of rotatable bonds is 5. The molecule has 7 nitrogen and oxygen atoms in total. The SMILES string of the molecule is COc1ccc(Oc2cc(N3CCN(C(=O)c4ccccc4Br)[C@H](C)C3)ncn2)cc1. The molecule has 0 radical (unpaired) electrons. The summed E-state index contributed by atoms with van der Waals surface area (Å²) >= 11 is 3.48. The minimum Gasteiger partial charge on any atom is -0.497 e. The molecular weight excluding hydrogens is 460 g/mol. The van der Waals surface area contributed by atoms with Crippen LogP contribution in [0.15, 0.2) is 65.4 Å². The van der Waals surface area contributed by atoms with E-state index in [1.165, 1.54) is 6.33 Å². The number of amides is 1. The first kappa shape index (κ1) is 21.1. The number of halogens is 1. The first-order valence-corrected chi connectivity index (χ1v) is 10.8. The molecule has 3 aromatic rings. The van der Waals surface area contributed by atoms with Crippen molar-refractivity contribution in [2.75, 3.05) is 31.6 Å². The molecule has 1 amide bonds. The second-order valence-corrected chi connectivity index (χ2v) is 8.12. The number of anilines is 1. The van der Waals surface area contributed by atoms with Crippen LogP contribution in [-0.4, -0.2) is 53.6 Å². The molecule has 2 aromatic carbocycles. The van der Waals surface area contributed by atoms with E-state index in [9.17, 15) is 4.79 Å². The van der Waals surface area contributed by atoms with Gasteiger partial charge in [0.25, 0.3) is 5.91 Å². The maximum absolute atomic E-state index is 13.0. The van der Waals surface area contributed by atoms with Gasteiger partial charge < -0.3 is 19.3 Å². The molecule has 1 aromatic heterocycles. The fraction of sp³-hybridized carbons (Fsp3) is 0.261. The van der Waals surface area contributed by atoms with Crippen molar-refractivity contribution in [3.63, 3.8) is 0 Å². The van der Waals surface area contributed by atoms with E-state index >= 15 is 0 Å². The summed E-state index contributed by atoms with van der Waals surface area (Å²) in [6, 6.07) is 16.7. The van der Waals surface area contributed by atoms with Crippen molar-refractivity contribution in [1.29, 1.82) is 0 Å². The van der Waals surface area contributed by atoms with Crippen LogP contribution in [0.5, 0.6) is 17.4 Å². The Hall–Kier alpha value is -3.13. The summed E-state index contributed by atoms with van der Waals surface area (Å²) in [5.74, 6) is 2.71. The third-order valence-corrected chi connectivity index (χ3v) is 5.92. The van der Waals surface area contributed by atoms with Crippen LogP contribution in [0.25, 0.3) is 0 Å². The lowest BCUT2D eigenvalue weighted by Crippen LogP contribution is -2.54. The number of benzene rings is 2. The Kier molecular flexibility index (Phi) is 6.36. The highest BCUT2D eigenvalue weighted by Gasteiger charge is 2.29. The highest BCUT2D eigenvalue weighted by molar-refractivity contribution is 9.10. The van der Waals surface area contributed by atoms with Gasteiger partial charge in [-0.2, -0.15) is 0 Å². The second kappa shape index (κ2) is 9.34. The maximum Gasteiger partial charge on any atom is 0.255 e. The predicted octanol–water partition coefficient (Wildman–Crippen LogP) is 4.39. The van der Waals surface area contributed by atoms with E-state index in [-0.39, 0.29) is 11.9 Å². The lowest BCUT2D eigenvalue weighted by Gasteiger charge is -2.40. The third kappa shape index (κ3) is 4.80. The number of piperazine rings is 1. The zero-order valence-electron chi connectivity index (χ0n) is 17.4. The summed E-state index contributed by atoms with van der Waals surface area (Å²) in [6.45, 7) is 4.02. The highest BCUT2D eigenvalue weighted by atomic mass is 79.9. The van der Waals surface area contributed by atoms with E-state index in [0.717, 1.165) is 16.0 Å². The smallest absolute Gasteiger partial charge is 0.255 e. The zero-order valence-corrected chi connectivity index (χ0v) is 18.9. The average Bonchev–Trinajstić information content (AvgIpc) is 2.79. The number of methoxy groups -OCH3 is 1. The number of hydrogen-bond donors (Lipinski definition) is 0. The molecule has 2 heterocycles. The summed E-state index contributed by atoms with van der Waals surface area (Å²) in [4.78, 5) is 25.7. The quantitative estimate of drug-likeness (QED) is 0.537.